The van der Waals surface area contributed by atoms with Crippen molar-refractivity contribution < 1.29 is 9.63 Å². The lowest BCUT2D eigenvalue weighted by Gasteiger charge is -2.02. The van der Waals surface area contributed by atoms with E-state index in [0.717, 1.165) is 5.82 Å². The fourth-order valence-corrected chi connectivity index (χ4v) is 2.64. The molecular formula is C11H17N3O2. The van der Waals surface area contributed by atoms with Crippen LogP contribution in [0.5, 0.6) is 0 Å². The number of hydrogen-bond donors (Lipinski definition) is 2. The van der Waals surface area contributed by atoms with Crippen molar-refractivity contribution in [2.75, 3.05) is 6.54 Å². The number of rotatable bonds is 2. The van der Waals surface area contributed by atoms with Gasteiger partial charge in [-0.15, -0.1) is 0 Å². The SMILES string of the molecule is O[C@@H]1CN[C@@H](c2nc(C3CCCC3)no2)C1. The summed E-state index contributed by atoms with van der Waals surface area (Å²) < 4.78 is 5.27. The predicted octanol–water partition coefficient (Wildman–Crippen LogP) is 1.12. The average Bonchev–Trinajstić information content (AvgIpc) is 2.97. The Balaban J connectivity index is 1.72. The molecule has 5 nitrogen and oxygen atoms in total. The fraction of sp³-hybridized carbons (Fsp3) is 0.818. The summed E-state index contributed by atoms with van der Waals surface area (Å²) in [6.07, 6.45) is 5.29. The molecule has 1 saturated carbocycles. The summed E-state index contributed by atoms with van der Waals surface area (Å²) in [7, 11) is 0. The molecule has 1 aromatic rings. The van der Waals surface area contributed by atoms with E-state index in [9.17, 15) is 5.11 Å². The molecule has 1 aliphatic carbocycles. The normalized spacial score (nSPS) is 31.3. The highest BCUT2D eigenvalue weighted by molar-refractivity contribution is 5.02. The first-order valence-electron chi connectivity index (χ1n) is 6.08. The van der Waals surface area contributed by atoms with Gasteiger partial charge in [-0.2, -0.15) is 4.98 Å². The molecule has 0 radical (unpaired) electrons. The molecule has 0 amide bonds. The molecule has 2 aliphatic rings. The maximum Gasteiger partial charge on any atom is 0.243 e. The minimum Gasteiger partial charge on any atom is -0.392 e. The van der Waals surface area contributed by atoms with E-state index in [1.807, 2.05) is 0 Å². The van der Waals surface area contributed by atoms with Crippen LogP contribution in [0, 0.1) is 0 Å². The maximum absolute atomic E-state index is 9.43. The molecule has 0 unspecified atom stereocenters. The number of nitrogens with zero attached hydrogens (tertiary/aromatic N) is 2. The summed E-state index contributed by atoms with van der Waals surface area (Å²) in [5.41, 5.74) is 0. The van der Waals surface area contributed by atoms with Crippen LogP contribution in [-0.2, 0) is 0 Å². The molecular weight excluding hydrogens is 206 g/mol. The summed E-state index contributed by atoms with van der Waals surface area (Å²) in [5, 5.41) is 16.7. The summed E-state index contributed by atoms with van der Waals surface area (Å²) in [6, 6.07) is 0.0395. The molecule has 2 heterocycles. The number of aromatic nitrogens is 2. The van der Waals surface area contributed by atoms with Gasteiger partial charge in [-0.05, 0) is 19.3 Å². The van der Waals surface area contributed by atoms with Crippen LogP contribution in [0.1, 0.15) is 55.8 Å². The fourth-order valence-electron chi connectivity index (χ4n) is 2.64. The third-order valence-corrected chi connectivity index (χ3v) is 3.58. The van der Waals surface area contributed by atoms with E-state index in [4.69, 9.17) is 4.52 Å². The number of nitrogens with one attached hydrogen (secondary N) is 1. The largest absolute Gasteiger partial charge is 0.392 e. The second-order valence-corrected chi connectivity index (χ2v) is 4.82. The smallest absolute Gasteiger partial charge is 0.243 e. The zero-order valence-corrected chi connectivity index (χ0v) is 9.22. The van der Waals surface area contributed by atoms with E-state index < -0.39 is 0 Å². The first kappa shape index (κ1) is 10.2. The molecule has 1 aliphatic heterocycles. The van der Waals surface area contributed by atoms with Crippen LogP contribution in [0.4, 0.5) is 0 Å². The Bertz CT molecular complexity index is 360. The standard InChI is InChI=1S/C11H17N3O2/c15-8-5-9(12-6-8)11-13-10(14-16-11)7-3-1-2-4-7/h7-9,12,15H,1-6H2/t8-,9+/m0/s1. The third kappa shape index (κ3) is 1.85. The van der Waals surface area contributed by atoms with Gasteiger partial charge < -0.3 is 14.9 Å². The number of hydrogen-bond acceptors (Lipinski definition) is 5. The van der Waals surface area contributed by atoms with Crippen LogP contribution < -0.4 is 5.32 Å². The van der Waals surface area contributed by atoms with Crippen LogP contribution in [0.25, 0.3) is 0 Å². The minimum atomic E-state index is -0.285. The minimum absolute atomic E-state index is 0.0395. The molecule has 2 fully saturated rings. The third-order valence-electron chi connectivity index (χ3n) is 3.58. The highest BCUT2D eigenvalue weighted by Gasteiger charge is 2.29. The van der Waals surface area contributed by atoms with E-state index in [-0.39, 0.29) is 12.1 Å². The maximum atomic E-state index is 9.43. The molecule has 88 valence electrons. The number of β-amino-alcohol motifs (C(OH)–C–C–N with tert-alkyl or cyclic N) is 1. The molecule has 0 bridgehead atoms. The number of aliphatic hydroxyl groups excluding tert-OH is 1. The van der Waals surface area contributed by atoms with Gasteiger partial charge in [0.25, 0.3) is 0 Å². The van der Waals surface area contributed by atoms with Gasteiger partial charge in [-0.1, -0.05) is 18.0 Å². The summed E-state index contributed by atoms with van der Waals surface area (Å²) >= 11 is 0. The average molecular weight is 223 g/mol. The quantitative estimate of drug-likeness (QED) is 0.786. The lowest BCUT2D eigenvalue weighted by Crippen LogP contribution is -2.15. The molecule has 0 spiro atoms. The highest BCUT2D eigenvalue weighted by Crippen LogP contribution is 2.33. The van der Waals surface area contributed by atoms with E-state index in [2.05, 4.69) is 15.5 Å². The lowest BCUT2D eigenvalue weighted by atomic mass is 10.1. The second-order valence-electron chi connectivity index (χ2n) is 4.82. The first-order valence-corrected chi connectivity index (χ1v) is 6.08. The Morgan fingerprint density at radius 3 is 2.81 bits per heavy atom. The highest BCUT2D eigenvalue weighted by atomic mass is 16.5. The van der Waals surface area contributed by atoms with Crippen LogP contribution in [0.2, 0.25) is 0 Å². The van der Waals surface area contributed by atoms with Gasteiger partial charge in [0.15, 0.2) is 5.82 Å². The van der Waals surface area contributed by atoms with Crippen molar-refractivity contribution in [2.24, 2.45) is 0 Å². The van der Waals surface area contributed by atoms with Crippen LogP contribution in [0.15, 0.2) is 4.52 Å². The van der Waals surface area contributed by atoms with Gasteiger partial charge in [0.05, 0.1) is 12.1 Å². The molecule has 1 aromatic heterocycles. The number of aliphatic hydroxyl groups is 1. The van der Waals surface area contributed by atoms with Crippen molar-refractivity contribution in [3.63, 3.8) is 0 Å². The van der Waals surface area contributed by atoms with Crippen molar-refractivity contribution in [3.8, 4) is 0 Å². The zero-order valence-electron chi connectivity index (χ0n) is 9.22. The molecule has 2 atom stereocenters. The molecule has 2 N–H and O–H groups in total. The van der Waals surface area contributed by atoms with Crippen molar-refractivity contribution in [2.45, 2.75) is 50.2 Å². The van der Waals surface area contributed by atoms with E-state index in [1.54, 1.807) is 0 Å². The predicted molar refractivity (Wildman–Crippen MR) is 56.9 cm³/mol. The van der Waals surface area contributed by atoms with Crippen molar-refractivity contribution in [1.29, 1.82) is 0 Å². The van der Waals surface area contributed by atoms with Crippen LogP contribution in [0.3, 0.4) is 0 Å². The van der Waals surface area contributed by atoms with Gasteiger partial charge in [-0.25, -0.2) is 0 Å². The van der Waals surface area contributed by atoms with Crippen LogP contribution in [-0.4, -0.2) is 27.9 Å². The van der Waals surface area contributed by atoms with E-state index in [1.165, 1.54) is 25.7 Å². The van der Waals surface area contributed by atoms with Crippen molar-refractivity contribution in [3.05, 3.63) is 11.7 Å². The molecule has 16 heavy (non-hydrogen) atoms. The lowest BCUT2D eigenvalue weighted by molar-refractivity contribution is 0.191. The zero-order chi connectivity index (χ0) is 11.0. The Hall–Kier alpha value is -0.940. The molecule has 3 rings (SSSR count). The summed E-state index contributed by atoms with van der Waals surface area (Å²) in [4.78, 5) is 4.46. The summed E-state index contributed by atoms with van der Waals surface area (Å²) in [5.74, 6) is 1.98. The second kappa shape index (κ2) is 4.14. The molecule has 1 saturated heterocycles. The van der Waals surface area contributed by atoms with Crippen LogP contribution >= 0.6 is 0 Å². The van der Waals surface area contributed by atoms with Crippen molar-refractivity contribution in [1.82, 2.24) is 15.5 Å². The Morgan fingerprint density at radius 2 is 2.12 bits per heavy atom. The van der Waals surface area contributed by atoms with Gasteiger partial charge in [0.1, 0.15) is 0 Å². The van der Waals surface area contributed by atoms with E-state index >= 15 is 0 Å². The van der Waals surface area contributed by atoms with Gasteiger partial charge in [0.2, 0.25) is 5.89 Å². The van der Waals surface area contributed by atoms with E-state index in [0.29, 0.717) is 24.8 Å². The monoisotopic (exact) mass is 223 g/mol. The van der Waals surface area contributed by atoms with Gasteiger partial charge in [0, 0.05) is 12.5 Å². The molecule has 5 heteroatoms. The first-order chi connectivity index (χ1) is 7.83. The Kier molecular flexibility index (Phi) is 2.65. The topological polar surface area (TPSA) is 71.2 Å². The molecule has 0 aromatic carbocycles. The Labute approximate surface area is 94.2 Å². The van der Waals surface area contributed by atoms with Crippen molar-refractivity contribution >= 4 is 0 Å². The van der Waals surface area contributed by atoms with Gasteiger partial charge in [-0.3, -0.25) is 0 Å². The van der Waals surface area contributed by atoms with Gasteiger partial charge >= 0.3 is 0 Å². The summed E-state index contributed by atoms with van der Waals surface area (Å²) in [6.45, 7) is 0.617. The Morgan fingerprint density at radius 1 is 1.31 bits per heavy atom.